The summed E-state index contributed by atoms with van der Waals surface area (Å²) in [6.45, 7) is 3.33. The number of ether oxygens (including phenoxy) is 1. The lowest BCUT2D eigenvalue weighted by molar-refractivity contribution is 0.0773. The van der Waals surface area contributed by atoms with Crippen molar-refractivity contribution < 1.29 is 9.53 Å². The van der Waals surface area contributed by atoms with Crippen LogP contribution in [0.5, 0.6) is 0 Å². The van der Waals surface area contributed by atoms with Gasteiger partial charge in [-0.05, 0) is 78.5 Å². The lowest BCUT2D eigenvalue weighted by Gasteiger charge is -2.25. The fourth-order valence-corrected chi connectivity index (χ4v) is 5.89. The summed E-state index contributed by atoms with van der Waals surface area (Å²) >= 11 is 16.7. The molecule has 0 bridgehead atoms. The van der Waals surface area contributed by atoms with E-state index in [-0.39, 0.29) is 5.91 Å². The first-order chi connectivity index (χ1) is 15.1. The Morgan fingerprint density at radius 3 is 2.52 bits per heavy atom. The van der Waals surface area contributed by atoms with Crippen LogP contribution in [0.15, 0.2) is 63.7 Å². The molecule has 3 aromatic rings. The maximum atomic E-state index is 12.9. The van der Waals surface area contributed by atoms with Crippen molar-refractivity contribution in [1.29, 1.82) is 0 Å². The smallest absolute Gasteiger partial charge is 0.257 e. The van der Waals surface area contributed by atoms with Crippen molar-refractivity contribution in [1.82, 2.24) is 4.31 Å². The number of carbonyl (C=O) groups is 1. The monoisotopic (exact) mass is 511 g/mol. The van der Waals surface area contributed by atoms with Crippen LogP contribution in [0.2, 0.25) is 9.36 Å². The Morgan fingerprint density at radius 2 is 1.81 bits per heavy atom. The summed E-state index contributed by atoms with van der Waals surface area (Å²) in [5, 5.41) is 3.45. The van der Waals surface area contributed by atoms with E-state index in [1.54, 1.807) is 30.1 Å². The molecule has 0 aliphatic carbocycles. The maximum absolute atomic E-state index is 12.9. The number of amides is 1. The molecule has 4 rings (SSSR count). The van der Waals surface area contributed by atoms with Crippen LogP contribution in [0.4, 0.5) is 11.4 Å². The van der Waals surface area contributed by atoms with E-state index < -0.39 is 0 Å². The quantitative estimate of drug-likeness (QED) is 0.341. The molecule has 1 aromatic heterocycles. The summed E-state index contributed by atoms with van der Waals surface area (Å²) in [5.41, 5.74) is 1.87. The topological polar surface area (TPSA) is 53.6 Å². The molecule has 1 aliphatic rings. The molecule has 31 heavy (non-hydrogen) atoms. The van der Waals surface area contributed by atoms with Crippen molar-refractivity contribution in [2.24, 2.45) is 0 Å². The van der Waals surface area contributed by atoms with E-state index in [9.17, 15) is 4.79 Å². The second-order valence-corrected chi connectivity index (χ2v) is 11.0. The Bertz CT molecular complexity index is 1040. The Hall–Kier alpha value is -1.39. The zero-order valence-electron chi connectivity index (χ0n) is 16.3. The second-order valence-electron chi connectivity index (χ2n) is 6.56. The summed E-state index contributed by atoms with van der Waals surface area (Å²) < 4.78 is 12.6. The highest BCUT2D eigenvalue weighted by molar-refractivity contribution is 8.02. The van der Waals surface area contributed by atoms with Gasteiger partial charge in [-0.3, -0.25) is 4.79 Å². The van der Waals surface area contributed by atoms with Crippen molar-refractivity contribution in [2.75, 3.05) is 36.3 Å². The van der Waals surface area contributed by atoms with Crippen LogP contribution in [-0.2, 0) is 4.74 Å². The molecule has 162 valence electrons. The van der Waals surface area contributed by atoms with E-state index in [2.05, 4.69) is 14.3 Å². The van der Waals surface area contributed by atoms with E-state index in [1.165, 1.54) is 23.3 Å². The fraction of sp³-hybridized carbons (Fsp3) is 0.190. The summed E-state index contributed by atoms with van der Waals surface area (Å²) in [4.78, 5) is 14.1. The lowest BCUT2D eigenvalue weighted by Crippen LogP contribution is -2.30. The highest BCUT2D eigenvalue weighted by Gasteiger charge is 2.15. The van der Waals surface area contributed by atoms with Gasteiger partial charge in [-0.15, -0.1) is 11.3 Å². The molecule has 2 N–H and O–H groups in total. The van der Waals surface area contributed by atoms with E-state index >= 15 is 0 Å². The second kappa shape index (κ2) is 11.0. The van der Waals surface area contributed by atoms with Crippen LogP contribution in [0.3, 0.4) is 0 Å². The van der Waals surface area contributed by atoms with Gasteiger partial charge in [-0.1, -0.05) is 23.2 Å². The van der Waals surface area contributed by atoms with Crippen LogP contribution >= 0.6 is 58.4 Å². The molecule has 5 nitrogen and oxygen atoms in total. The molecule has 1 saturated heterocycles. The highest BCUT2D eigenvalue weighted by Crippen LogP contribution is 2.33. The van der Waals surface area contributed by atoms with Crippen molar-refractivity contribution in [3.8, 4) is 0 Å². The number of nitrogens with one attached hydrogen (secondary N) is 2. The molecule has 0 saturated carbocycles. The lowest BCUT2D eigenvalue weighted by atomic mass is 10.1. The van der Waals surface area contributed by atoms with E-state index in [1.807, 2.05) is 36.4 Å². The summed E-state index contributed by atoms with van der Waals surface area (Å²) in [5.74, 6) is -0.233. The molecule has 0 atom stereocenters. The minimum atomic E-state index is -0.233. The largest absolute Gasteiger partial charge is 0.379 e. The van der Waals surface area contributed by atoms with Crippen molar-refractivity contribution in [3.05, 3.63) is 69.5 Å². The normalized spacial score (nSPS) is 14.4. The minimum absolute atomic E-state index is 0.233. The van der Waals surface area contributed by atoms with Gasteiger partial charge >= 0.3 is 0 Å². The number of hydrogen-bond acceptors (Lipinski definition) is 7. The first-order valence-electron chi connectivity index (χ1n) is 9.47. The number of thiophene rings is 1. The molecule has 2 heterocycles. The third-order valence-electron chi connectivity index (χ3n) is 4.35. The summed E-state index contributed by atoms with van der Waals surface area (Å²) in [6, 6.07) is 16.8. The Morgan fingerprint density at radius 1 is 1.03 bits per heavy atom. The molecular weight excluding hydrogens is 493 g/mol. The first-order valence-corrected chi connectivity index (χ1v) is 12.6. The van der Waals surface area contributed by atoms with Gasteiger partial charge < -0.3 is 14.8 Å². The van der Waals surface area contributed by atoms with Gasteiger partial charge in [0, 0.05) is 28.7 Å². The van der Waals surface area contributed by atoms with Crippen LogP contribution in [0, 0.1) is 0 Å². The standard InChI is InChI=1S/C21H19Cl2N3O2S3/c22-14-1-6-18(25-30-20-8-7-19(23)29-20)17(13-14)21(27)24-15-2-4-16(5-3-15)31-26-9-11-28-12-10-26/h1-8,13,25H,9-12H2,(H,24,27). The fourth-order valence-electron chi connectivity index (χ4n) is 2.84. The summed E-state index contributed by atoms with van der Waals surface area (Å²) in [7, 11) is 0. The first kappa shape index (κ1) is 22.8. The molecule has 0 radical (unpaired) electrons. The maximum Gasteiger partial charge on any atom is 0.257 e. The molecule has 0 spiro atoms. The number of morpholine rings is 1. The van der Waals surface area contributed by atoms with Crippen molar-refractivity contribution >= 4 is 75.7 Å². The molecule has 1 amide bonds. The Balaban J connectivity index is 1.40. The van der Waals surface area contributed by atoms with Crippen molar-refractivity contribution in [2.45, 2.75) is 9.10 Å². The summed E-state index contributed by atoms with van der Waals surface area (Å²) in [6.07, 6.45) is 0. The number of anilines is 2. The molecule has 10 heteroatoms. The van der Waals surface area contributed by atoms with Gasteiger partial charge in [0.25, 0.3) is 5.91 Å². The molecule has 1 aliphatic heterocycles. The number of halogens is 2. The van der Waals surface area contributed by atoms with Gasteiger partial charge in [-0.25, -0.2) is 4.31 Å². The van der Waals surface area contributed by atoms with Crippen molar-refractivity contribution in [3.63, 3.8) is 0 Å². The average molecular weight is 513 g/mol. The van der Waals surface area contributed by atoms with Crippen LogP contribution in [0.1, 0.15) is 10.4 Å². The SMILES string of the molecule is O=C(Nc1ccc(SN2CCOCC2)cc1)c1cc(Cl)ccc1NSc1ccc(Cl)s1. The average Bonchev–Trinajstić information content (AvgIpc) is 3.20. The minimum Gasteiger partial charge on any atom is -0.379 e. The van der Waals surface area contributed by atoms with E-state index in [0.717, 1.165) is 41.1 Å². The number of rotatable bonds is 7. The third-order valence-corrected chi connectivity index (χ3v) is 7.88. The van der Waals surface area contributed by atoms with Gasteiger partial charge in [-0.2, -0.15) is 0 Å². The predicted molar refractivity (Wildman–Crippen MR) is 133 cm³/mol. The number of benzene rings is 2. The highest BCUT2D eigenvalue weighted by atomic mass is 35.5. The number of nitrogens with zero attached hydrogens (tertiary/aromatic N) is 1. The predicted octanol–water partition coefficient (Wildman–Crippen LogP) is 6.77. The zero-order chi connectivity index (χ0) is 21.6. The van der Waals surface area contributed by atoms with Gasteiger partial charge in [0.1, 0.15) is 0 Å². The van der Waals surface area contributed by atoms with Gasteiger partial charge in [0.05, 0.1) is 33.0 Å². The van der Waals surface area contributed by atoms with E-state index in [0.29, 0.717) is 20.6 Å². The van der Waals surface area contributed by atoms with Gasteiger partial charge in [0.2, 0.25) is 0 Å². The van der Waals surface area contributed by atoms with Gasteiger partial charge in [0.15, 0.2) is 0 Å². The van der Waals surface area contributed by atoms with Crippen LogP contribution in [0.25, 0.3) is 0 Å². The van der Waals surface area contributed by atoms with E-state index in [4.69, 9.17) is 27.9 Å². The third kappa shape index (κ3) is 6.55. The molecular formula is C21H19Cl2N3O2S3. The Labute approximate surface area is 203 Å². The molecule has 2 aromatic carbocycles. The molecule has 1 fully saturated rings. The molecule has 0 unspecified atom stereocenters. The van der Waals surface area contributed by atoms with Crippen LogP contribution in [-0.4, -0.2) is 36.5 Å². The number of hydrogen-bond donors (Lipinski definition) is 2. The number of carbonyl (C=O) groups excluding carboxylic acids is 1. The van der Waals surface area contributed by atoms with Crippen LogP contribution < -0.4 is 10.0 Å². The zero-order valence-corrected chi connectivity index (χ0v) is 20.2. The Kier molecular flexibility index (Phi) is 8.06.